The predicted octanol–water partition coefficient (Wildman–Crippen LogP) is 1.09. The second kappa shape index (κ2) is 9.13. The quantitative estimate of drug-likeness (QED) is 0.628. The summed E-state index contributed by atoms with van der Waals surface area (Å²) >= 11 is 0. The zero-order valence-corrected chi connectivity index (χ0v) is 15.2. The molecular weight excluding hydrogens is 368 g/mol. The molecule has 1 aliphatic rings. The van der Waals surface area contributed by atoms with Crippen LogP contribution in [0.3, 0.4) is 0 Å². The molecule has 0 unspecified atom stereocenters. The third-order valence-corrected chi connectivity index (χ3v) is 4.36. The van der Waals surface area contributed by atoms with Crippen LogP contribution >= 0.6 is 0 Å². The summed E-state index contributed by atoms with van der Waals surface area (Å²) in [6.45, 7) is -0.353. The molecule has 0 amide bonds. The molecule has 2 aromatic rings. The van der Waals surface area contributed by atoms with Gasteiger partial charge in [-0.05, 0) is 30.3 Å². The Hall–Kier alpha value is -2.49. The summed E-state index contributed by atoms with van der Waals surface area (Å²) in [5, 5.41) is 29.8. The number of methoxy groups -OCH3 is 1. The van der Waals surface area contributed by atoms with Crippen molar-refractivity contribution < 1.29 is 39.1 Å². The van der Waals surface area contributed by atoms with Crippen molar-refractivity contribution in [2.45, 2.75) is 30.7 Å². The predicted molar refractivity (Wildman–Crippen MR) is 96.9 cm³/mol. The number of carbonyl (C=O) groups excluding carboxylic acids is 1. The van der Waals surface area contributed by atoms with Gasteiger partial charge in [-0.1, -0.05) is 24.3 Å². The molecule has 3 N–H and O–H groups in total. The highest BCUT2D eigenvalue weighted by molar-refractivity contribution is 5.89. The summed E-state index contributed by atoms with van der Waals surface area (Å²) in [6, 6.07) is 15.5. The molecule has 1 aliphatic heterocycles. The lowest BCUT2D eigenvalue weighted by Crippen LogP contribution is -2.59. The van der Waals surface area contributed by atoms with E-state index in [9.17, 15) is 20.1 Å². The maximum atomic E-state index is 12.3. The molecule has 0 bridgehead atoms. The molecule has 0 spiro atoms. The van der Waals surface area contributed by atoms with E-state index in [0.717, 1.165) is 0 Å². The summed E-state index contributed by atoms with van der Waals surface area (Å²) in [5.74, 6) is 0.429. The van der Waals surface area contributed by atoms with Crippen LogP contribution in [0, 0.1) is 0 Å². The molecule has 8 heteroatoms. The second-order valence-electron chi connectivity index (χ2n) is 6.29. The number of rotatable bonds is 6. The van der Waals surface area contributed by atoms with Gasteiger partial charge in [0.25, 0.3) is 0 Å². The Morgan fingerprint density at radius 3 is 2.43 bits per heavy atom. The number of hydrogen-bond donors (Lipinski definition) is 3. The minimum absolute atomic E-state index is 0.245. The molecule has 2 aromatic carbocycles. The van der Waals surface area contributed by atoms with E-state index in [1.807, 2.05) is 18.2 Å². The van der Waals surface area contributed by atoms with Crippen LogP contribution in [0.25, 0.3) is 0 Å². The van der Waals surface area contributed by atoms with Crippen molar-refractivity contribution in [2.24, 2.45) is 0 Å². The molecule has 3 rings (SSSR count). The summed E-state index contributed by atoms with van der Waals surface area (Å²) in [4.78, 5) is 12.3. The first-order valence-electron chi connectivity index (χ1n) is 8.72. The number of ether oxygens (including phenoxy) is 4. The van der Waals surface area contributed by atoms with Crippen LogP contribution in [0.1, 0.15) is 10.4 Å². The highest BCUT2D eigenvalue weighted by Gasteiger charge is 2.44. The molecule has 0 saturated carbocycles. The van der Waals surface area contributed by atoms with Gasteiger partial charge in [0, 0.05) is 7.11 Å². The summed E-state index contributed by atoms with van der Waals surface area (Å²) < 4.78 is 20.9. The minimum atomic E-state index is -1.45. The van der Waals surface area contributed by atoms with Crippen LogP contribution < -0.4 is 4.74 Å². The first-order chi connectivity index (χ1) is 13.5. The van der Waals surface area contributed by atoms with Crippen molar-refractivity contribution in [2.75, 3.05) is 13.7 Å². The highest BCUT2D eigenvalue weighted by atomic mass is 16.7. The highest BCUT2D eigenvalue weighted by Crippen LogP contribution is 2.24. The van der Waals surface area contributed by atoms with Crippen LogP contribution in [0.4, 0.5) is 0 Å². The summed E-state index contributed by atoms with van der Waals surface area (Å²) in [7, 11) is 1.28. The average molecular weight is 390 g/mol. The molecule has 8 nitrogen and oxygen atoms in total. The van der Waals surface area contributed by atoms with Gasteiger partial charge in [0.05, 0.1) is 5.56 Å². The zero-order valence-electron chi connectivity index (χ0n) is 15.2. The van der Waals surface area contributed by atoms with E-state index >= 15 is 0 Å². The van der Waals surface area contributed by atoms with E-state index in [0.29, 0.717) is 11.5 Å². The number of aliphatic hydroxyl groups excluding tert-OH is 3. The average Bonchev–Trinajstić information content (AvgIpc) is 2.71. The van der Waals surface area contributed by atoms with Gasteiger partial charge in [-0.3, -0.25) is 0 Å². The maximum Gasteiger partial charge on any atom is 0.338 e. The number of aliphatic hydroxyl groups is 3. The Kier molecular flexibility index (Phi) is 6.61. The first-order valence-corrected chi connectivity index (χ1v) is 8.72. The van der Waals surface area contributed by atoms with E-state index in [4.69, 9.17) is 18.9 Å². The van der Waals surface area contributed by atoms with Gasteiger partial charge in [-0.25, -0.2) is 4.79 Å². The van der Waals surface area contributed by atoms with Crippen LogP contribution in [0.2, 0.25) is 0 Å². The monoisotopic (exact) mass is 390 g/mol. The Labute approximate surface area is 161 Å². The van der Waals surface area contributed by atoms with Crippen molar-refractivity contribution in [3.8, 4) is 11.5 Å². The SMILES string of the molecule is CO[C@@H]1[C@@H](O)[C@H](O)[C@@H](COC(=O)c2cccc(Oc3ccccc3)c2)O[C@H]1O. The molecule has 1 heterocycles. The fourth-order valence-corrected chi connectivity index (χ4v) is 2.87. The number of para-hydroxylation sites is 1. The van der Waals surface area contributed by atoms with Crippen molar-refractivity contribution in [1.29, 1.82) is 0 Å². The van der Waals surface area contributed by atoms with Gasteiger partial charge < -0.3 is 34.3 Å². The van der Waals surface area contributed by atoms with Gasteiger partial charge in [0.15, 0.2) is 6.29 Å². The third kappa shape index (κ3) is 4.67. The van der Waals surface area contributed by atoms with Crippen LogP contribution in [-0.4, -0.2) is 65.7 Å². The van der Waals surface area contributed by atoms with Crippen molar-refractivity contribution in [1.82, 2.24) is 0 Å². The first kappa shape index (κ1) is 20.2. The fraction of sp³-hybridized carbons (Fsp3) is 0.350. The van der Waals surface area contributed by atoms with E-state index in [-0.39, 0.29) is 12.2 Å². The topological polar surface area (TPSA) is 115 Å². The Bertz CT molecular complexity index is 781. The van der Waals surface area contributed by atoms with Gasteiger partial charge in [0.1, 0.15) is 42.5 Å². The molecule has 1 saturated heterocycles. The maximum absolute atomic E-state index is 12.3. The zero-order chi connectivity index (χ0) is 20.1. The van der Waals surface area contributed by atoms with Crippen molar-refractivity contribution in [3.63, 3.8) is 0 Å². The van der Waals surface area contributed by atoms with Gasteiger partial charge in [-0.15, -0.1) is 0 Å². The van der Waals surface area contributed by atoms with Crippen LogP contribution in [0.5, 0.6) is 11.5 Å². The lowest BCUT2D eigenvalue weighted by Gasteiger charge is -2.39. The van der Waals surface area contributed by atoms with E-state index in [1.165, 1.54) is 13.2 Å². The van der Waals surface area contributed by atoms with E-state index < -0.39 is 36.7 Å². The summed E-state index contributed by atoms with van der Waals surface area (Å²) in [5.41, 5.74) is 0.245. The number of hydrogen-bond acceptors (Lipinski definition) is 8. The molecule has 5 atom stereocenters. The fourth-order valence-electron chi connectivity index (χ4n) is 2.87. The van der Waals surface area contributed by atoms with Crippen LogP contribution in [-0.2, 0) is 14.2 Å². The lowest BCUT2D eigenvalue weighted by molar-refractivity contribution is -0.291. The van der Waals surface area contributed by atoms with E-state index in [1.54, 1.807) is 30.3 Å². The van der Waals surface area contributed by atoms with Gasteiger partial charge in [-0.2, -0.15) is 0 Å². The van der Waals surface area contributed by atoms with Crippen molar-refractivity contribution in [3.05, 3.63) is 60.2 Å². The third-order valence-electron chi connectivity index (χ3n) is 4.36. The van der Waals surface area contributed by atoms with Gasteiger partial charge >= 0.3 is 5.97 Å². The smallest absolute Gasteiger partial charge is 0.338 e. The van der Waals surface area contributed by atoms with E-state index in [2.05, 4.69) is 0 Å². The largest absolute Gasteiger partial charge is 0.459 e. The Morgan fingerprint density at radius 1 is 1.00 bits per heavy atom. The normalized spacial score (nSPS) is 27.2. The molecule has 0 aliphatic carbocycles. The lowest BCUT2D eigenvalue weighted by atomic mass is 9.99. The molecular formula is C20H22O8. The standard InChI is InChI=1S/C20H22O8/c1-25-18-17(22)16(21)15(28-20(18)24)11-26-19(23)12-6-5-9-14(10-12)27-13-7-3-2-4-8-13/h2-10,15-18,20-22,24H,11H2,1H3/t15-,16-,17+,18-,20-/m1/s1. The molecule has 0 radical (unpaired) electrons. The minimum Gasteiger partial charge on any atom is -0.459 e. The Balaban J connectivity index is 1.60. The molecule has 28 heavy (non-hydrogen) atoms. The Morgan fingerprint density at radius 2 is 1.71 bits per heavy atom. The summed E-state index contributed by atoms with van der Waals surface area (Å²) in [6.07, 6.45) is -6.39. The number of esters is 1. The van der Waals surface area contributed by atoms with Crippen LogP contribution in [0.15, 0.2) is 54.6 Å². The molecule has 0 aromatic heterocycles. The van der Waals surface area contributed by atoms with Gasteiger partial charge in [0.2, 0.25) is 0 Å². The number of carbonyl (C=O) groups is 1. The van der Waals surface area contributed by atoms with Crippen molar-refractivity contribution >= 4 is 5.97 Å². The number of benzene rings is 2. The molecule has 1 fully saturated rings. The second-order valence-corrected chi connectivity index (χ2v) is 6.29. The molecule has 150 valence electrons.